The number of halogens is 2. The molecular weight excluding hydrogens is 523 g/mol. The average Bonchev–Trinajstić information content (AvgIpc) is 3.32. The summed E-state index contributed by atoms with van der Waals surface area (Å²) in [5.41, 5.74) is 0. The van der Waals surface area contributed by atoms with Crippen LogP contribution < -0.4 is 0 Å². The van der Waals surface area contributed by atoms with Crippen LogP contribution in [0.25, 0.3) is 21.5 Å². The van der Waals surface area contributed by atoms with E-state index in [4.69, 9.17) is 5.11 Å². The van der Waals surface area contributed by atoms with Gasteiger partial charge in [0.1, 0.15) is 0 Å². The Kier molecular flexibility index (Phi) is 19.7. The number of allylic oxidation sites excluding steroid dienone is 4. The zero-order chi connectivity index (χ0) is 19.0. The summed E-state index contributed by atoms with van der Waals surface area (Å²) in [5.74, 6) is 0. The van der Waals surface area contributed by atoms with Crippen LogP contribution in [0.3, 0.4) is 0 Å². The summed E-state index contributed by atoms with van der Waals surface area (Å²) in [6.45, 7) is 7.94. The van der Waals surface area contributed by atoms with Gasteiger partial charge in [-0.05, 0) is 6.04 Å². The molecule has 0 spiro atoms. The van der Waals surface area contributed by atoms with Crippen molar-refractivity contribution in [1.29, 1.82) is 0 Å². The van der Waals surface area contributed by atoms with Crippen molar-refractivity contribution < 1.29 is 28.4 Å². The Morgan fingerprint density at radius 1 is 0.967 bits per heavy atom. The van der Waals surface area contributed by atoms with Gasteiger partial charge in [0.25, 0.3) is 0 Å². The van der Waals surface area contributed by atoms with Gasteiger partial charge in [-0.25, -0.2) is 11.3 Å². The van der Waals surface area contributed by atoms with E-state index in [0.717, 1.165) is 12.5 Å². The zero-order valence-electron chi connectivity index (χ0n) is 18.2. The van der Waals surface area contributed by atoms with Gasteiger partial charge >= 0.3 is 30.2 Å². The molecule has 0 unspecified atom stereocenters. The van der Waals surface area contributed by atoms with Crippen LogP contribution >= 0.6 is 24.8 Å². The van der Waals surface area contributed by atoms with Gasteiger partial charge in [-0.3, -0.25) is 6.08 Å². The van der Waals surface area contributed by atoms with Crippen LogP contribution in [0.2, 0.25) is 19.1 Å². The molecule has 3 aromatic carbocycles. The molecule has 0 aliphatic heterocycles. The third-order valence-corrected chi connectivity index (χ3v) is 7.96. The Morgan fingerprint density at radius 3 is 1.83 bits per heavy atom. The van der Waals surface area contributed by atoms with E-state index in [1.54, 1.807) is 0 Å². The zero-order valence-corrected chi connectivity index (χ0v) is 24.3. The normalized spacial score (nSPS) is 11.2. The van der Waals surface area contributed by atoms with Gasteiger partial charge in [-0.1, -0.05) is 49.5 Å². The van der Waals surface area contributed by atoms with Crippen molar-refractivity contribution >= 4 is 61.3 Å². The Morgan fingerprint density at radius 2 is 1.43 bits per heavy atom. The molecule has 0 saturated heterocycles. The molecule has 4 rings (SSSR count). The molecule has 0 saturated carbocycles. The van der Waals surface area contributed by atoms with E-state index in [-0.39, 0.29) is 39.7 Å². The van der Waals surface area contributed by atoms with Crippen LogP contribution in [0.4, 0.5) is 0 Å². The first-order chi connectivity index (χ1) is 12.6. The number of benzene rings is 2. The second-order valence-electron chi connectivity index (χ2n) is 6.87. The monoisotopic (exact) mass is 552 g/mol. The minimum absolute atomic E-state index is 0. The molecule has 0 aromatic heterocycles. The van der Waals surface area contributed by atoms with Gasteiger partial charge in [-0.15, -0.1) is 71.0 Å². The second-order valence-corrected chi connectivity index (χ2v) is 11.7. The molecule has 0 atom stereocenters. The summed E-state index contributed by atoms with van der Waals surface area (Å²) in [6.07, 6.45) is 8.62. The fourth-order valence-corrected chi connectivity index (χ4v) is 5.17. The van der Waals surface area contributed by atoms with Crippen molar-refractivity contribution in [2.75, 3.05) is 6.61 Å². The van der Waals surface area contributed by atoms with E-state index in [1.165, 1.54) is 50.1 Å². The van der Waals surface area contributed by atoms with Crippen molar-refractivity contribution in [3.05, 3.63) is 92.9 Å². The van der Waals surface area contributed by atoms with Crippen LogP contribution in [0.15, 0.2) is 71.9 Å². The Hall–Kier alpha value is -0.353. The number of aliphatic hydroxyl groups is 1. The maximum Gasteiger partial charge on any atom is -0.0771 e. The topological polar surface area (TPSA) is 20.2 Å². The van der Waals surface area contributed by atoms with Gasteiger partial charge in [-0.2, -0.15) is 6.08 Å². The van der Waals surface area contributed by atoms with Crippen molar-refractivity contribution in [3.8, 4) is 0 Å². The number of hydrogen-bond donors (Lipinski definition) is 1. The first-order valence-electron chi connectivity index (χ1n) is 8.79. The van der Waals surface area contributed by atoms with Crippen LogP contribution in [-0.2, 0) is 23.3 Å². The van der Waals surface area contributed by atoms with Crippen LogP contribution in [0.1, 0.15) is 6.42 Å². The van der Waals surface area contributed by atoms with E-state index < -0.39 is 8.07 Å². The summed E-state index contributed by atoms with van der Waals surface area (Å²) in [4.78, 5) is 0. The molecule has 1 nitrogen and oxygen atoms in total. The van der Waals surface area contributed by atoms with Crippen LogP contribution in [0, 0.1) is 20.9 Å². The standard InChI is InChI=1S/C13H9.C9H15OSi.2CH3.2ClH.Si.Zr/c1-3-7-12-10(5-1)9-11-6-2-4-8-13(11)12;1-11(2,8-7-10)9-5-3-4-6-9;;;;;;/h1-9H;3,5,10H,4,7-8H2,1-2H3;2*1H3;2*1H;;/q4*-1;;;;. The quantitative estimate of drug-likeness (QED) is 0.273. The van der Waals surface area contributed by atoms with Crippen molar-refractivity contribution in [3.63, 3.8) is 0 Å². The second kappa shape index (κ2) is 17.2. The predicted octanol–water partition coefficient (Wildman–Crippen LogP) is 6.99. The molecular formula is C24H32Cl2OSi2Zr-4. The number of fused-ring (bicyclic) bond motifs is 3. The largest absolute Gasteiger partial charge is 0.126 e. The SMILES string of the molecule is C[Si](C)(CCO)C1=[C-]CC=C1.Cl.Cl.[CH3-].[CH3-].[Si]=[Zr].c1ccc2c(c1)[cH-]c1ccccc12. The molecule has 6 heteroatoms. The minimum Gasteiger partial charge on any atom is -0.126 e. The summed E-state index contributed by atoms with van der Waals surface area (Å²) in [5, 5.41) is 15.6. The summed E-state index contributed by atoms with van der Waals surface area (Å²) in [7, 11) is -1.30. The van der Waals surface area contributed by atoms with Gasteiger partial charge in [0.2, 0.25) is 0 Å². The Bertz CT molecular complexity index is 869. The molecule has 2 radical (unpaired) electrons. The molecule has 0 fully saturated rings. The Labute approximate surface area is 213 Å². The molecule has 30 heavy (non-hydrogen) atoms. The molecule has 1 aliphatic carbocycles. The maximum absolute atomic E-state index is 8.83. The van der Waals surface area contributed by atoms with Gasteiger partial charge in [0.05, 0.1) is 0 Å². The van der Waals surface area contributed by atoms with E-state index in [2.05, 4.69) is 92.8 Å². The number of aliphatic hydroxyl groups excluding tert-OH is 1. The molecule has 0 heterocycles. The fourth-order valence-electron chi connectivity index (χ4n) is 3.19. The van der Waals surface area contributed by atoms with Gasteiger partial charge < -0.3 is 20.0 Å². The molecule has 164 valence electrons. The smallest absolute Gasteiger partial charge is 0.0771 e. The Balaban J connectivity index is -0.000000404. The van der Waals surface area contributed by atoms with Crippen LogP contribution in [-0.4, -0.2) is 26.7 Å². The average molecular weight is 555 g/mol. The van der Waals surface area contributed by atoms with Crippen LogP contribution in [0.5, 0.6) is 0 Å². The molecule has 1 N–H and O–H groups in total. The van der Waals surface area contributed by atoms with Crippen molar-refractivity contribution in [1.82, 2.24) is 0 Å². The fraction of sp³-hybridized carbons (Fsp3) is 0.208. The van der Waals surface area contributed by atoms with Gasteiger partial charge in [0, 0.05) is 14.7 Å². The van der Waals surface area contributed by atoms with Crippen molar-refractivity contribution in [2.45, 2.75) is 25.6 Å². The summed E-state index contributed by atoms with van der Waals surface area (Å²) < 4.78 is 0. The maximum atomic E-state index is 8.83. The summed E-state index contributed by atoms with van der Waals surface area (Å²) in [6, 6.07) is 20.2. The number of hydrogen-bond acceptors (Lipinski definition) is 1. The van der Waals surface area contributed by atoms with E-state index >= 15 is 0 Å². The molecule has 3 aromatic rings. The van der Waals surface area contributed by atoms with Gasteiger partial charge in [0.15, 0.2) is 0 Å². The number of rotatable bonds is 3. The first kappa shape index (κ1) is 34.3. The van der Waals surface area contributed by atoms with E-state index in [1.807, 2.05) is 0 Å². The third kappa shape index (κ3) is 9.02. The first-order valence-corrected chi connectivity index (χ1v) is 16.2. The summed E-state index contributed by atoms with van der Waals surface area (Å²) >= 11 is 1.36. The third-order valence-electron chi connectivity index (χ3n) is 4.68. The molecule has 1 aliphatic rings. The minimum atomic E-state index is -1.30. The van der Waals surface area contributed by atoms with E-state index in [0.29, 0.717) is 6.61 Å². The predicted molar refractivity (Wildman–Crippen MR) is 140 cm³/mol. The molecule has 0 bridgehead atoms. The van der Waals surface area contributed by atoms with E-state index in [9.17, 15) is 0 Å². The molecule has 0 amide bonds. The van der Waals surface area contributed by atoms with Crippen molar-refractivity contribution in [2.24, 2.45) is 0 Å².